The molecule has 4 rings (SSSR count). The molecule has 2 N–H and O–H groups in total. The summed E-state index contributed by atoms with van der Waals surface area (Å²) in [6.45, 7) is 1.78. The predicted molar refractivity (Wildman–Crippen MR) is 85.4 cm³/mol. The van der Waals surface area contributed by atoms with Crippen LogP contribution in [-0.4, -0.2) is 44.2 Å². The number of nitrogens with zero attached hydrogens (tertiary/aromatic N) is 4. The molecule has 0 fully saturated rings. The Hall–Kier alpha value is -2.61. The minimum Gasteiger partial charge on any atom is -0.319 e. The maximum Gasteiger partial charge on any atom is 0.292 e. The van der Waals surface area contributed by atoms with Gasteiger partial charge >= 0.3 is 0 Å². The number of aliphatic imine (C=N–C) groups is 1. The van der Waals surface area contributed by atoms with Crippen molar-refractivity contribution < 1.29 is 4.79 Å². The molecule has 0 radical (unpaired) electrons. The van der Waals surface area contributed by atoms with Gasteiger partial charge in [-0.25, -0.2) is 4.98 Å². The quantitative estimate of drug-likeness (QED) is 0.902. The third-order valence-electron chi connectivity index (χ3n) is 3.44. The van der Waals surface area contributed by atoms with Gasteiger partial charge in [0.2, 0.25) is 5.82 Å². The number of carbonyl (C=O) groups is 1. The van der Waals surface area contributed by atoms with Crippen molar-refractivity contribution in [2.45, 2.75) is 0 Å². The fourth-order valence-corrected chi connectivity index (χ4v) is 3.34. The number of benzene rings is 1. The Kier molecular flexibility index (Phi) is 3.15. The Balaban J connectivity index is 1.49. The summed E-state index contributed by atoms with van der Waals surface area (Å²) < 4.78 is 0. The standard InChI is InChI=1S/C14H12N6OS/c21-13(12-16-8-17-19-12)18-10-3-1-9(2-4-10)11-7-22-14-15-5-6-20(11)14/h1-4,7-8H,5-6H2,(H,18,21)(H,16,17,19). The monoisotopic (exact) mass is 312 g/mol. The van der Waals surface area contributed by atoms with Gasteiger partial charge < -0.3 is 10.2 Å². The number of amidine groups is 1. The van der Waals surface area contributed by atoms with E-state index in [0.717, 1.165) is 29.5 Å². The third kappa shape index (κ3) is 2.27. The van der Waals surface area contributed by atoms with Crippen molar-refractivity contribution >= 4 is 34.2 Å². The van der Waals surface area contributed by atoms with E-state index in [9.17, 15) is 4.79 Å². The highest BCUT2D eigenvalue weighted by atomic mass is 32.2. The molecule has 0 saturated carbocycles. The molecule has 8 heteroatoms. The smallest absolute Gasteiger partial charge is 0.292 e. The average molecular weight is 312 g/mol. The van der Waals surface area contributed by atoms with Crippen molar-refractivity contribution in [3.63, 3.8) is 0 Å². The van der Waals surface area contributed by atoms with Crippen LogP contribution < -0.4 is 5.32 Å². The molecule has 110 valence electrons. The Morgan fingerprint density at radius 2 is 2.18 bits per heavy atom. The summed E-state index contributed by atoms with van der Waals surface area (Å²) in [4.78, 5) is 22.4. The maximum atomic E-state index is 11.9. The lowest BCUT2D eigenvalue weighted by molar-refractivity contribution is 0.101. The van der Waals surface area contributed by atoms with Crippen molar-refractivity contribution in [3.05, 3.63) is 47.4 Å². The van der Waals surface area contributed by atoms with Gasteiger partial charge in [-0.3, -0.25) is 14.9 Å². The number of aromatic amines is 1. The van der Waals surface area contributed by atoms with Crippen molar-refractivity contribution in [1.82, 2.24) is 20.1 Å². The first-order chi connectivity index (χ1) is 10.8. The van der Waals surface area contributed by atoms with E-state index >= 15 is 0 Å². The predicted octanol–water partition coefficient (Wildman–Crippen LogP) is 1.77. The van der Waals surface area contributed by atoms with Crippen LogP contribution in [0.25, 0.3) is 5.70 Å². The molecule has 1 aromatic carbocycles. The van der Waals surface area contributed by atoms with Gasteiger partial charge in [0.05, 0.1) is 12.2 Å². The second-order valence-corrected chi connectivity index (χ2v) is 5.64. The molecule has 3 heterocycles. The van der Waals surface area contributed by atoms with E-state index in [1.807, 2.05) is 24.3 Å². The number of hydrogen-bond donors (Lipinski definition) is 2. The number of carbonyl (C=O) groups excluding carboxylic acids is 1. The molecule has 7 nitrogen and oxygen atoms in total. The van der Waals surface area contributed by atoms with Crippen LogP contribution in [-0.2, 0) is 0 Å². The Morgan fingerprint density at radius 3 is 2.95 bits per heavy atom. The average Bonchev–Trinajstić information content (AvgIpc) is 3.26. The topological polar surface area (TPSA) is 86.3 Å². The van der Waals surface area contributed by atoms with Gasteiger partial charge in [0.15, 0.2) is 5.17 Å². The van der Waals surface area contributed by atoms with E-state index in [1.54, 1.807) is 11.8 Å². The molecule has 0 bridgehead atoms. The molecule has 2 aromatic rings. The summed E-state index contributed by atoms with van der Waals surface area (Å²) in [6, 6.07) is 7.73. The zero-order valence-electron chi connectivity index (χ0n) is 11.5. The number of amides is 1. The Bertz CT molecular complexity index is 765. The van der Waals surface area contributed by atoms with E-state index in [-0.39, 0.29) is 11.7 Å². The van der Waals surface area contributed by atoms with Gasteiger partial charge in [0.1, 0.15) is 6.33 Å². The maximum absolute atomic E-state index is 11.9. The van der Waals surface area contributed by atoms with Gasteiger partial charge in [-0.05, 0) is 17.7 Å². The van der Waals surface area contributed by atoms with Crippen molar-refractivity contribution in [2.24, 2.45) is 4.99 Å². The summed E-state index contributed by atoms with van der Waals surface area (Å²) in [5, 5.41) is 12.1. The summed E-state index contributed by atoms with van der Waals surface area (Å²) in [6.07, 6.45) is 1.30. The number of rotatable bonds is 3. The minimum absolute atomic E-state index is 0.192. The highest BCUT2D eigenvalue weighted by molar-refractivity contribution is 8.16. The lowest BCUT2D eigenvalue weighted by atomic mass is 10.1. The second kappa shape index (κ2) is 5.30. The summed E-state index contributed by atoms with van der Waals surface area (Å²) in [5.74, 6) is -0.119. The lowest BCUT2D eigenvalue weighted by Crippen LogP contribution is -2.19. The van der Waals surface area contributed by atoms with Gasteiger partial charge in [0.25, 0.3) is 5.91 Å². The van der Waals surface area contributed by atoms with E-state index in [4.69, 9.17) is 0 Å². The molecule has 0 atom stereocenters. The van der Waals surface area contributed by atoms with Crippen LogP contribution in [0.5, 0.6) is 0 Å². The fraction of sp³-hybridized carbons (Fsp3) is 0.143. The summed E-state index contributed by atoms with van der Waals surface area (Å²) in [7, 11) is 0. The number of nitrogens with one attached hydrogen (secondary N) is 2. The minimum atomic E-state index is -0.310. The highest BCUT2D eigenvalue weighted by Crippen LogP contribution is 2.35. The zero-order chi connectivity index (χ0) is 14.9. The molecule has 0 spiro atoms. The van der Waals surface area contributed by atoms with Crippen LogP contribution in [0.4, 0.5) is 5.69 Å². The van der Waals surface area contributed by atoms with Crippen molar-refractivity contribution in [1.29, 1.82) is 0 Å². The first-order valence-electron chi connectivity index (χ1n) is 6.77. The SMILES string of the molecule is O=C(Nc1ccc(C2=CSC3=NCCN23)cc1)c1ncn[nH]1. The first kappa shape index (κ1) is 13.1. The number of aromatic nitrogens is 3. The van der Waals surface area contributed by atoms with Crippen molar-refractivity contribution in [2.75, 3.05) is 18.4 Å². The second-order valence-electron chi connectivity index (χ2n) is 4.80. The van der Waals surface area contributed by atoms with Crippen LogP contribution >= 0.6 is 11.8 Å². The Morgan fingerprint density at radius 1 is 1.32 bits per heavy atom. The van der Waals surface area contributed by atoms with E-state index in [0.29, 0.717) is 5.69 Å². The van der Waals surface area contributed by atoms with Crippen LogP contribution in [0.3, 0.4) is 0 Å². The molecule has 2 aliphatic rings. The molecule has 0 unspecified atom stereocenters. The summed E-state index contributed by atoms with van der Waals surface area (Å²) in [5.41, 5.74) is 2.98. The normalized spacial score (nSPS) is 16.3. The van der Waals surface area contributed by atoms with Crippen LogP contribution in [0, 0.1) is 0 Å². The van der Waals surface area contributed by atoms with E-state index in [2.05, 4.69) is 35.8 Å². The molecule has 1 amide bonds. The molecular formula is C14H12N6OS. The number of H-pyrrole nitrogens is 1. The zero-order valence-corrected chi connectivity index (χ0v) is 12.3. The van der Waals surface area contributed by atoms with Crippen molar-refractivity contribution in [3.8, 4) is 0 Å². The lowest BCUT2D eigenvalue weighted by Gasteiger charge is -2.16. The summed E-state index contributed by atoms with van der Waals surface area (Å²) >= 11 is 1.65. The van der Waals surface area contributed by atoms with Crippen LogP contribution in [0.2, 0.25) is 0 Å². The number of thioether (sulfide) groups is 1. The number of fused-ring (bicyclic) bond motifs is 1. The Labute approximate surface area is 130 Å². The highest BCUT2D eigenvalue weighted by Gasteiger charge is 2.26. The van der Waals surface area contributed by atoms with Crippen LogP contribution in [0.15, 0.2) is 41.0 Å². The molecule has 0 aliphatic carbocycles. The molecule has 0 saturated heterocycles. The van der Waals surface area contributed by atoms with Gasteiger partial charge in [-0.1, -0.05) is 23.9 Å². The van der Waals surface area contributed by atoms with E-state index in [1.165, 1.54) is 6.33 Å². The van der Waals surface area contributed by atoms with Gasteiger partial charge in [-0.2, -0.15) is 5.10 Å². The van der Waals surface area contributed by atoms with E-state index < -0.39 is 0 Å². The fourth-order valence-electron chi connectivity index (χ4n) is 2.38. The third-order valence-corrected chi connectivity index (χ3v) is 4.34. The molecule has 22 heavy (non-hydrogen) atoms. The molecule has 2 aliphatic heterocycles. The molecule has 1 aromatic heterocycles. The van der Waals surface area contributed by atoms with Gasteiger partial charge in [-0.15, -0.1) is 0 Å². The molecular weight excluding hydrogens is 300 g/mol. The number of anilines is 1. The van der Waals surface area contributed by atoms with Crippen LogP contribution in [0.1, 0.15) is 16.2 Å². The first-order valence-corrected chi connectivity index (χ1v) is 7.65. The number of hydrogen-bond acceptors (Lipinski definition) is 6. The largest absolute Gasteiger partial charge is 0.319 e. The van der Waals surface area contributed by atoms with Gasteiger partial charge in [0, 0.05) is 17.6 Å².